The second-order valence-corrected chi connectivity index (χ2v) is 7.11. The maximum Gasteiger partial charge on any atom is 0.259 e. The lowest BCUT2D eigenvalue weighted by molar-refractivity contribution is 0.397. The molecule has 0 aliphatic heterocycles. The summed E-state index contributed by atoms with van der Waals surface area (Å²) in [5.74, 6) is 0.768. The molecule has 1 aromatic carbocycles. The summed E-state index contributed by atoms with van der Waals surface area (Å²) in [4.78, 5) is 28.6. The number of ether oxygens (including phenoxy) is 1. The van der Waals surface area contributed by atoms with E-state index >= 15 is 0 Å². The lowest BCUT2D eigenvalue weighted by Crippen LogP contribution is -2.09. The van der Waals surface area contributed by atoms with Crippen LogP contribution >= 0.6 is 0 Å². The van der Waals surface area contributed by atoms with E-state index < -0.39 is 0 Å². The highest BCUT2D eigenvalue weighted by Crippen LogP contribution is 2.31. The summed E-state index contributed by atoms with van der Waals surface area (Å²) in [5.41, 5.74) is 3.51. The lowest BCUT2D eigenvalue weighted by Gasteiger charge is -2.12. The van der Waals surface area contributed by atoms with E-state index in [0.29, 0.717) is 28.5 Å². The minimum absolute atomic E-state index is 0.236. The van der Waals surface area contributed by atoms with Crippen molar-refractivity contribution in [2.75, 3.05) is 12.4 Å². The molecule has 31 heavy (non-hydrogen) atoms. The van der Waals surface area contributed by atoms with E-state index in [9.17, 15) is 4.79 Å². The highest BCUT2D eigenvalue weighted by molar-refractivity contribution is 5.96. The van der Waals surface area contributed by atoms with Crippen molar-refractivity contribution in [1.29, 1.82) is 0 Å². The van der Waals surface area contributed by atoms with Gasteiger partial charge in [-0.15, -0.1) is 0 Å². The molecule has 0 atom stereocenters. The largest absolute Gasteiger partial charge is 0.479 e. The zero-order chi connectivity index (χ0) is 21.5. The maximum atomic E-state index is 12.6. The second-order valence-electron chi connectivity index (χ2n) is 7.11. The number of hydrogen-bond acceptors (Lipinski definition) is 7. The molecule has 0 bridgehead atoms. The molecule has 0 radical (unpaired) electrons. The van der Waals surface area contributed by atoms with Gasteiger partial charge in [-0.25, -0.2) is 15.0 Å². The summed E-state index contributed by atoms with van der Waals surface area (Å²) >= 11 is 0. The van der Waals surface area contributed by atoms with Crippen LogP contribution in [0.15, 0.2) is 53.7 Å². The smallest absolute Gasteiger partial charge is 0.259 e. The topological polar surface area (TPSA) is 111 Å². The molecule has 0 spiro atoms. The van der Waals surface area contributed by atoms with Crippen molar-refractivity contribution in [2.45, 2.75) is 6.92 Å². The van der Waals surface area contributed by atoms with Crippen LogP contribution in [-0.4, -0.2) is 36.8 Å². The Bertz CT molecular complexity index is 1500. The van der Waals surface area contributed by atoms with Crippen LogP contribution in [0.25, 0.3) is 33.1 Å². The highest BCUT2D eigenvalue weighted by Gasteiger charge is 2.16. The first-order valence-corrected chi connectivity index (χ1v) is 9.63. The van der Waals surface area contributed by atoms with E-state index in [0.717, 1.165) is 27.7 Å². The van der Waals surface area contributed by atoms with Crippen LogP contribution in [0.5, 0.6) is 5.88 Å². The van der Waals surface area contributed by atoms with E-state index in [-0.39, 0.29) is 5.56 Å². The molecule has 0 aliphatic carbocycles. The number of aromatic nitrogens is 6. The summed E-state index contributed by atoms with van der Waals surface area (Å²) in [6.07, 6.45) is 4.73. The number of hydrogen-bond donors (Lipinski definition) is 2. The van der Waals surface area contributed by atoms with Gasteiger partial charge < -0.3 is 15.0 Å². The first kappa shape index (κ1) is 18.7. The van der Waals surface area contributed by atoms with Gasteiger partial charge in [-0.1, -0.05) is 0 Å². The number of benzene rings is 1. The molecule has 4 aromatic heterocycles. The van der Waals surface area contributed by atoms with Gasteiger partial charge in [0.05, 0.1) is 23.7 Å². The lowest BCUT2D eigenvalue weighted by atomic mass is 10.1. The number of anilines is 2. The number of aromatic amines is 1. The summed E-state index contributed by atoms with van der Waals surface area (Å²) in [7, 11) is 3.44. The van der Waals surface area contributed by atoms with E-state index in [1.165, 1.54) is 7.11 Å². The molecule has 154 valence electrons. The normalized spacial score (nSPS) is 11.2. The quantitative estimate of drug-likeness (QED) is 0.465. The van der Waals surface area contributed by atoms with Gasteiger partial charge in [0.15, 0.2) is 5.69 Å². The Balaban J connectivity index is 1.69. The zero-order valence-electron chi connectivity index (χ0n) is 17.2. The van der Waals surface area contributed by atoms with Gasteiger partial charge in [0.2, 0.25) is 5.88 Å². The number of H-pyrrole nitrogens is 1. The minimum atomic E-state index is -0.236. The number of rotatable bonds is 4. The molecular weight excluding hydrogens is 394 g/mol. The van der Waals surface area contributed by atoms with Gasteiger partial charge in [0.25, 0.3) is 5.56 Å². The number of pyridine rings is 2. The Morgan fingerprint density at radius 1 is 1.13 bits per heavy atom. The van der Waals surface area contributed by atoms with Gasteiger partial charge in [0, 0.05) is 42.4 Å². The predicted molar refractivity (Wildman–Crippen MR) is 119 cm³/mol. The Kier molecular flexibility index (Phi) is 4.36. The molecule has 9 nitrogen and oxygen atoms in total. The van der Waals surface area contributed by atoms with Crippen molar-refractivity contribution in [3.05, 3.63) is 65.0 Å². The molecule has 9 heteroatoms. The van der Waals surface area contributed by atoms with Crippen molar-refractivity contribution in [3.8, 4) is 17.3 Å². The van der Waals surface area contributed by atoms with Crippen molar-refractivity contribution >= 4 is 33.2 Å². The molecule has 0 aliphatic rings. The first-order chi connectivity index (χ1) is 15.0. The van der Waals surface area contributed by atoms with Crippen molar-refractivity contribution < 1.29 is 4.74 Å². The van der Waals surface area contributed by atoms with E-state index in [1.807, 2.05) is 42.9 Å². The Labute approximate surface area is 176 Å². The molecule has 4 heterocycles. The fraction of sp³-hybridized carbons (Fsp3) is 0.136. The van der Waals surface area contributed by atoms with Crippen LogP contribution in [0, 0.1) is 6.92 Å². The number of methoxy groups -OCH3 is 1. The molecule has 2 N–H and O–H groups in total. The fourth-order valence-corrected chi connectivity index (χ4v) is 3.62. The zero-order valence-corrected chi connectivity index (χ0v) is 17.2. The third-order valence-corrected chi connectivity index (χ3v) is 5.25. The van der Waals surface area contributed by atoms with Crippen LogP contribution in [-0.2, 0) is 7.05 Å². The summed E-state index contributed by atoms with van der Waals surface area (Å²) in [6, 6.07) is 9.50. The Hall–Kier alpha value is -4.27. The number of nitrogens with one attached hydrogen (secondary N) is 2. The van der Waals surface area contributed by atoms with Crippen LogP contribution in [0.4, 0.5) is 11.5 Å². The molecule has 0 saturated heterocycles. The Morgan fingerprint density at radius 3 is 2.81 bits per heavy atom. The van der Waals surface area contributed by atoms with E-state index in [4.69, 9.17) is 9.72 Å². The molecule has 0 fully saturated rings. The summed E-state index contributed by atoms with van der Waals surface area (Å²) < 4.78 is 7.18. The van der Waals surface area contributed by atoms with Crippen molar-refractivity contribution in [3.63, 3.8) is 0 Å². The van der Waals surface area contributed by atoms with E-state index in [2.05, 4.69) is 25.4 Å². The fourth-order valence-electron chi connectivity index (χ4n) is 3.62. The first-order valence-electron chi connectivity index (χ1n) is 9.63. The minimum Gasteiger partial charge on any atom is -0.479 e. The SMILES string of the molecule is COc1nccnc1-c1cc2cc[nH]c(=O)c2c(Nc2ccc3c(C)n(C)nc3c2)n1. The third kappa shape index (κ3) is 3.16. The number of fused-ring (bicyclic) bond motifs is 2. The van der Waals surface area contributed by atoms with Gasteiger partial charge in [-0.2, -0.15) is 5.10 Å². The summed E-state index contributed by atoms with van der Waals surface area (Å²) in [5, 5.41) is 10.1. The van der Waals surface area contributed by atoms with Crippen LogP contribution in [0.2, 0.25) is 0 Å². The van der Waals surface area contributed by atoms with Crippen molar-refractivity contribution in [1.82, 2.24) is 29.7 Å². The molecule has 5 aromatic rings. The number of aryl methyl sites for hydroxylation is 2. The van der Waals surface area contributed by atoms with Gasteiger partial charge in [-0.05, 0) is 42.6 Å². The molecule has 0 saturated carbocycles. The molecular formula is C22H19N7O2. The van der Waals surface area contributed by atoms with Crippen molar-refractivity contribution in [2.24, 2.45) is 7.05 Å². The highest BCUT2D eigenvalue weighted by atomic mass is 16.5. The van der Waals surface area contributed by atoms with Crippen LogP contribution in [0.3, 0.4) is 0 Å². The predicted octanol–water partition coefficient (Wildman–Crippen LogP) is 3.33. The molecule has 0 amide bonds. The summed E-state index contributed by atoms with van der Waals surface area (Å²) in [6.45, 7) is 2.02. The molecule has 0 unspecified atom stereocenters. The van der Waals surface area contributed by atoms with Gasteiger partial charge in [-0.3, -0.25) is 9.48 Å². The third-order valence-electron chi connectivity index (χ3n) is 5.25. The average molecular weight is 413 g/mol. The monoisotopic (exact) mass is 413 g/mol. The average Bonchev–Trinajstić information content (AvgIpc) is 3.06. The standard InChI is InChI=1S/C22H19N7O2/c1-12-15-5-4-14(11-16(15)28-29(12)2)26-20-18-13(6-7-24-21(18)30)10-17(27-20)19-22(31-3)25-9-8-23-19/h4-11H,1-3H3,(H,24,30)(H,26,27). The van der Waals surface area contributed by atoms with Gasteiger partial charge >= 0.3 is 0 Å². The molecule has 5 rings (SSSR count). The van der Waals surface area contributed by atoms with Crippen LogP contribution < -0.4 is 15.6 Å². The Morgan fingerprint density at radius 2 is 1.97 bits per heavy atom. The second kappa shape index (κ2) is 7.21. The van der Waals surface area contributed by atoms with Gasteiger partial charge in [0.1, 0.15) is 5.82 Å². The van der Waals surface area contributed by atoms with E-state index in [1.54, 1.807) is 24.7 Å². The maximum absolute atomic E-state index is 12.6. The number of nitrogens with zero attached hydrogens (tertiary/aromatic N) is 5. The van der Waals surface area contributed by atoms with Crippen LogP contribution in [0.1, 0.15) is 5.69 Å².